The summed E-state index contributed by atoms with van der Waals surface area (Å²) in [5.74, 6) is 1.57. The van der Waals surface area contributed by atoms with Gasteiger partial charge in [0.2, 0.25) is 5.91 Å². The summed E-state index contributed by atoms with van der Waals surface area (Å²) in [5.41, 5.74) is 3.85. The van der Waals surface area contributed by atoms with Crippen LogP contribution in [0.25, 0.3) is 0 Å². The first-order chi connectivity index (χ1) is 19.2. The molecule has 7 nitrogen and oxygen atoms in total. The summed E-state index contributed by atoms with van der Waals surface area (Å²) in [6.07, 6.45) is 6.67. The highest BCUT2D eigenvalue weighted by Gasteiger charge is 2.36. The molecule has 2 amide bonds. The summed E-state index contributed by atoms with van der Waals surface area (Å²) in [4.78, 5) is 32.6. The lowest BCUT2D eigenvalue weighted by atomic mass is 9.87. The van der Waals surface area contributed by atoms with Gasteiger partial charge in [0.15, 0.2) is 0 Å². The van der Waals surface area contributed by atoms with E-state index in [0.29, 0.717) is 23.0 Å². The first kappa shape index (κ1) is 25.4. The Morgan fingerprint density at radius 3 is 2.72 bits per heavy atom. The zero-order valence-electron chi connectivity index (χ0n) is 21.7. The molecule has 1 fully saturated rings. The van der Waals surface area contributed by atoms with E-state index in [4.69, 9.17) is 9.15 Å². The van der Waals surface area contributed by atoms with E-state index < -0.39 is 0 Å². The zero-order valence-corrected chi connectivity index (χ0v) is 22.5. The van der Waals surface area contributed by atoms with Crippen molar-refractivity contribution < 1.29 is 18.7 Å². The van der Waals surface area contributed by atoms with E-state index in [-0.39, 0.29) is 30.4 Å². The molecule has 200 valence electrons. The molecule has 1 N–H and O–H groups in total. The Hall–Kier alpha value is -3.91. The second kappa shape index (κ2) is 11.5. The topological polar surface area (TPSA) is 84.7 Å². The van der Waals surface area contributed by atoms with Crippen LogP contribution in [0.15, 0.2) is 76.7 Å². The predicted octanol–water partition coefficient (Wildman–Crippen LogP) is 5.91. The number of nitrogens with zero attached hydrogens (tertiary/aromatic N) is 2. The van der Waals surface area contributed by atoms with Crippen LogP contribution in [0.5, 0.6) is 5.75 Å². The summed E-state index contributed by atoms with van der Waals surface area (Å²) in [5, 5.41) is 5.27. The molecular formula is C31H31N3O4S. The highest BCUT2D eigenvalue weighted by Crippen LogP contribution is 2.39. The monoisotopic (exact) mass is 541 g/mol. The minimum absolute atomic E-state index is 0.129. The lowest BCUT2D eigenvalue weighted by molar-refractivity contribution is -0.137. The lowest BCUT2D eigenvalue weighted by Crippen LogP contribution is -2.43. The van der Waals surface area contributed by atoms with Gasteiger partial charge in [-0.3, -0.25) is 9.59 Å². The number of fused-ring (bicyclic) bond motifs is 1. The van der Waals surface area contributed by atoms with Gasteiger partial charge in [-0.1, -0.05) is 49.2 Å². The molecule has 0 bridgehead atoms. The van der Waals surface area contributed by atoms with Crippen LogP contribution >= 0.6 is 11.3 Å². The molecule has 39 heavy (non-hydrogen) atoms. The van der Waals surface area contributed by atoms with E-state index in [1.807, 2.05) is 30.3 Å². The van der Waals surface area contributed by atoms with Gasteiger partial charge in [0.05, 0.1) is 18.8 Å². The fourth-order valence-electron chi connectivity index (χ4n) is 5.62. The van der Waals surface area contributed by atoms with Gasteiger partial charge in [0.25, 0.3) is 5.91 Å². The number of carbonyl (C=O) groups excluding carboxylic acids is 2. The van der Waals surface area contributed by atoms with Gasteiger partial charge in [-0.15, -0.1) is 11.3 Å². The highest BCUT2D eigenvalue weighted by molar-refractivity contribution is 7.09. The van der Waals surface area contributed by atoms with Gasteiger partial charge < -0.3 is 19.4 Å². The van der Waals surface area contributed by atoms with Gasteiger partial charge in [0.1, 0.15) is 28.8 Å². The molecule has 1 aliphatic heterocycles. The number of carbonyl (C=O) groups is 2. The Morgan fingerprint density at radius 2 is 1.92 bits per heavy atom. The summed E-state index contributed by atoms with van der Waals surface area (Å²) in [6.45, 7) is 1.30. The predicted molar refractivity (Wildman–Crippen MR) is 148 cm³/mol. The van der Waals surface area contributed by atoms with Crippen molar-refractivity contribution >= 4 is 23.2 Å². The lowest BCUT2D eigenvalue weighted by Gasteiger charge is -2.39. The van der Waals surface area contributed by atoms with Crippen molar-refractivity contribution in [2.24, 2.45) is 5.92 Å². The minimum atomic E-state index is -0.250. The summed E-state index contributed by atoms with van der Waals surface area (Å²) >= 11 is 1.39. The van der Waals surface area contributed by atoms with Crippen LogP contribution in [0.1, 0.15) is 69.7 Å². The van der Waals surface area contributed by atoms with Crippen molar-refractivity contribution in [3.8, 4) is 5.75 Å². The minimum Gasteiger partial charge on any atom is -0.486 e. The maximum absolute atomic E-state index is 13.6. The molecule has 2 aromatic carbocycles. The van der Waals surface area contributed by atoms with Crippen LogP contribution in [0.4, 0.5) is 0 Å². The van der Waals surface area contributed by atoms with Crippen molar-refractivity contribution in [1.82, 2.24) is 15.2 Å². The maximum Gasteiger partial charge on any atom is 0.271 e. The Labute approximate surface area is 231 Å². The number of thiazole rings is 1. The third kappa shape index (κ3) is 5.61. The second-order valence-corrected chi connectivity index (χ2v) is 11.1. The Kier molecular flexibility index (Phi) is 7.45. The first-order valence-corrected chi connectivity index (χ1v) is 14.4. The van der Waals surface area contributed by atoms with E-state index in [1.165, 1.54) is 16.9 Å². The fraction of sp³-hybridized carbons (Fsp3) is 0.323. The third-order valence-corrected chi connectivity index (χ3v) is 8.42. The molecule has 6 rings (SSSR count). The van der Waals surface area contributed by atoms with Gasteiger partial charge in [-0.25, -0.2) is 4.98 Å². The molecule has 8 heteroatoms. The number of benzene rings is 2. The average molecular weight is 542 g/mol. The van der Waals surface area contributed by atoms with Crippen molar-refractivity contribution in [2.45, 2.75) is 51.3 Å². The van der Waals surface area contributed by atoms with E-state index in [2.05, 4.69) is 39.5 Å². The van der Waals surface area contributed by atoms with Crippen LogP contribution in [0.2, 0.25) is 0 Å². The summed E-state index contributed by atoms with van der Waals surface area (Å²) in [6, 6.07) is 19.9. The molecule has 0 saturated heterocycles. The van der Waals surface area contributed by atoms with Gasteiger partial charge in [-0.2, -0.15) is 0 Å². The molecule has 3 heterocycles. The van der Waals surface area contributed by atoms with E-state index in [0.717, 1.165) is 55.5 Å². The van der Waals surface area contributed by atoms with Gasteiger partial charge in [-0.05, 0) is 60.2 Å². The van der Waals surface area contributed by atoms with Gasteiger partial charge in [0, 0.05) is 17.8 Å². The number of aromatic nitrogens is 1. The number of hydrogen-bond acceptors (Lipinski definition) is 6. The Bertz CT molecular complexity index is 1430. The second-order valence-electron chi connectivity index (χ2n) is 10.1. The summed E-state index contributed by atoms with van der Waals surface area (Å²) in [7, 11) is 0. The quantitative estimate of drug-likeness (QED) is 0.300. The normalized spacial score (nSPS) is 17.1. The van der Waals surface area contributed by atoms with Crippen molar-refractivity contribution in [2.75, 3.05) is 6.54 Å². The Morgan fingerprint density at radius 1 is 1.08 bits per heavy atom. The molecule has 4 aromatic rings. The number of amides is 2. The molecule has 1 atom stereocenters. The number of furan rings is 1. The molecule has 0 unspecified atom stereocenters. The van der Waals surface area contributed by atoms with E-state index in [1.54, 1.807) is 17.7 Å². The van der Waals surface area contributed by atoms with Crippen LogP contribution in [-0.4, -0.2) is 28.2 Å². The van der Waals surface area contributed by atoms with E-state index >= 15 is 0 Å². The zero-order chi connectivity index (χ0) is 26.6. The average Bonchev–Trinajstić information content (AvgIpc) is 3.78. The summed E-state index contributed by atoms with van der Waals surface area (Å²) < 4.78 is 11.4. The number of rotatable bonds is 8. The van der Waals surface area contributed by atoms with Crippen LogP contribution < -0.4 is 10.1 Å². The smallest absolute Gasteiger partial charge is 0.271 e. The Balaban J connectivity index is 1.18. The van der Waals surface area contributed by atoms with Crippen molar-refractivity contribution in [1.29, 1.82) is 0 Å². The molecule has 0 radical (unpaired) electrons. The largest absolute Gasteiger partial charge is 0.486 e. The molecule has 1 saturated carbocycles. The molecule has 0 spiro atoms. The molecule has 2 aliphatic rings. The van der Waals surface area contributed by atoms with Crippen molar-refractivity contribution in [3.63, 3.8) is 0 Å². The maximum atomic E-state index is 13.6. The highest BCUT2D eigenvalue weighted by atomic mass is 32.1. The third-order valence-electron chi connectivity index (χ3n) is 7.60. The van der Waals surface area contributed by atoms with Crippen LogP contribution in [0, 0.1) is 5.92 Å². The van der Waals surface area contributed by atoms with Crippen molar-refractivity contribution in [3.05, 3.63) is 105 Å². The number of hydrogen-bond donors (Lipinski definition) is 1. The van der Waals surface area contributed by atoms with Crippen LogP contribution in [0.3, 0.4) is 0 Å². The molecular weight excluding hydrogens is 510 g/mol. The fourth-order valence-corrected chi connectivity index (χ4v) is 6.31. The van der Waals surface area contributed by atoms with E-state index in [9.17, 15) is 9.59 Å². The van der Waals surface area contributed by atoms with Crippen LogP contribution in [-0.2, 0) is 24.4 Å². The first-order valence-electron chi connectivity index (χ1n) is 13.5. The number of ether oxygens (including phenoxy) is 1. The molecule has 2 aromatic heterocycles. The standard InChI is InChI=1S/C31H31N3O4S/c35-30(32-18-25-11-6-16-37-25)27-20-39-28(33-27)19-38-24-13-12-21-14-15-34(31(36)23-9-4-5-10-23)29(26(21)17-24)22-7-2-1-3-8-22/h1-3,6-8,11-13,16-17,20,23,29H,4-5,9-10,14-15,18-19H2,(H,32,35)/t29-/m1/s1. The molecule has 1 aliphatic carbocycles. The number of nitrogens with one attached hydrogen (secondary N) is 1. The SMILES string of the molecule is O=C(NCc1ccco1)c1csc(COc2ccc3c(c2)[C@@H](c2ccccc2)N(C(=O)C2CCCC2)CC3)n1. The van der Waals surface area contributed by atoms with Gasteiger partial charge >= 0.3 is 0 Å².